The second-order valence-electron chi connectivity index (χ2n) is 6.59. The number of aromatic nitrogens is 4. The van der Waals surface area contributed by atoms with E-state index in [1.54, 1.807) is 10.8 Å². The lowest BCUT2D eigenvalue weighted by Crippen LogP contribution is -2.50. The molecule has 0 bridgehead atoms. The van der Waals surface area contributed by atoms with Crippen molar-refractivity contribution in [2.75, 3.05) is 14.1 Å². The Bertz CT molecular complexity index is 1180. The van der Waals surface area contributed by atoms with E-state index in [-0.39, 0.29) is 16.2 Å². The average molecular weight is 393 g/mol. The van der Waals surface area contributed by atoms with Crippen molar-refractivity contribution in [3.05, 3.63) is 60.6 Å². The Hall–Kier alpha value is -2.22. The van der Waals surface area contributed by atoms with Gasteiger partial charge in [-0.05, 0) is 44.8 Å². The third kappa shape index (κ3) is 2.31. The lowest BCUT2D eigenvalue weighted by molar-refractivity contribution is -0.687. The van der Waals surface area contributed by atoms with Gasteiger partial charge in [-0.15, -0.1) is 4.57 Å². The van der Waals surface area contributed by atoms with E-state index in [1.165, 1.54) is 10.6 Å². The topological polar surface area (TPSA) is 74.9 Å². The first kappa shape index (κ1) is 17.2. The van der Waals surface area contributed by atoms with E-state index < -0.39 is 11.2 Å². The average Bonchev–Trinajstić information content (AvgIpc) is 2.57. The minimum absolute atomic E-state index is 0.219. The first-order chi connectivity index (χ1) is 12.3. The number of nitrogens with zero attached hydrogens (tertiary/aromatic N) is 4. The van der Waals surface area contributed by atoms with Crippen LogP contribution in [-0.4, -0.2) is 33.5 Å². The summed E-state index contributed by atoms with van der Waals surface area (Å²) in [6, 6.07) is 3.13. The van der Waals surface area contributed by atoms with Crippen LogP contribution in [0.25, 0.3) is 16.7 Å². The molecule has 4 heterocycles. The molecule has 1 unspecified atom stereocenters. The second-order valence-corrected chi connectivity index (χ2v) is 7.36. The number of hydrogen-bond donors (Lipinski definition) is 1. The van der Waals surface area contributed by atoms with Gasteiger partial charge in [-0.1, -0.05) is 11.6 Å². The molecule has 0 spiro atoms. The predicted octanol–water partition coefficient (Wildman–Crippen LogP) is 1.65. The van der Waals surface area contributed by atoms with Crippen LogP contribution in [0.4, 0.5) is 0 Å². The first-order valence-electron chi connectivity index (χ1n) is 8.02. The van der Waals surface area contributed by atoms with E-state index in [0.29, 0.717) is 23.3 Å². The maximum Gasteiger partial charge on any atom is 0.421 e. The van der Waals surface area contributed by atoms with Gasteiger partial charge < -0.3 is 4.90 Å². The van der Waals surface area contributed by atoms with Crippen LogP contribution in [0.1, 0.15) is 24.2 Å². The molecule has 9 heteroatoms. The van der Waals surface area contributed by atoms with Gasteiger partial charge in [0.2, 0.25) is 5.15 Å². The zero-order valence-corrected chi connectivity index (χ0v) is 15.9. The van der Waals surface area contributed by atoms with E-state index >= 15 is 0 Å². The van der Waals surface area contributed by atoms with Crippen LogP contribution in [0.5, 0.6) is 0 Å². The van der Waals surface area contributed by atoms with Gasteiger partial charge in [0.25, 0.3) is 5.56 Å². The summed E-state index contributed by atoms with van der Waals surface area (Å²) >= 11 is 12.7. The molecule has 0 saturated carbocycles. The van der Waals surface area contributed by atoms with Crippen LogP contribution < -0.4 is 15.8 Å². The van der Waals surface area contributed by atoms with Crippen molar-refractivity contribution in [3.63, 3.8) is 0 Å². The van der Waals surface area contributed by atoms with E-state index in [1.807, 2.05) is 32.0 Å². The van der Waals surface area contributed by atoms with Gasteiger partial charge >= 0.3 is 11.3 Å². The second kappa shape index (κ2) is 5.90. The van der Waals surface area contributed by atoms with Gasteiger partial charge in [0.15, 0.2) is 5.69 Å². The Labute approximate surface area is 158 Å². The molecule has 134 valence electrons. The van der Waals surface area contributed by atoms with Gasteiger partial charge in [-0.25, -0.2) is 9.36 Å². The van der Waals surface area contributed by atoms with Crippen LogP contribution in [0.2, 0.25) is 10.2 Å². The lowest BCUT2D eigenvalue weighted by atomic mass is 10.0. The van der Waals surface area contributed by atoms with Crippen molar-refractivity contribution >= 4 is 34.2 Å². The SMILES string of the molecule is CC1c2ccnc(CN(C)C)c2-n2c(=O)[nH]c(=O)c3cc(Cl)c(Cl)[n+]1c32. The molecular formula is C17H16Cl2N5O2+. The molecule has 4 rings (SSSR count). The highest BCUT2D eigenvalue weighted by Crippen LogP contribution is 2.33. The van der Waals surface area contributed by atoms with Crippen molar-refractivity contribution in [2.45, 2.75) is 19.5 Å². The molecule has 26 heavy (non-hydrogen) atoms. The summed E-state index contributed by atoms with van der Waals surface area (Å²) in [5.41, 5.74) is 1.69. The number of aromatic amines is 1. The van der Waals surface area contributed by atoms with Crippen molar-refractivity contribution < 1.29 is 4.57 Å². The largest absolute Gasteiger partial charge is 0.421 e. The minimum atomic E-state index is -0.532. The zero-order valence-electron chi connectivity index (χ0n) is 14.4. The van der Waals surface area contributed by atoms with Gasteiger partial charge in [-0.3, -0.25) is 14.8 Å². The predicted molar refractivity (Wildman–Crippen MR) is 99.4 cm³/mol. The Morgan fingerprint density at radius 2 is 2.08 bits per heavy atom. The van der Waals surface area contributed by atoms with Crippen molar-refractivity contribution in [1.82, 2.24) is 19.4 Å². The molecule has 3 aromatic rings. The molecule has 1 N–H and O–H groups in total. The van der Waals surface area contributed by atoms with Gasteiger partial charge in [0.1, 0.15) is 22.1 Å². The fraction of sp³-hybridized carbons (Fsp3) is 0.294. The molecular weight excluding hydrogens is 377 g/mol. The molecule has 1 aliphatic rings. The van der Waals surface area contributed by atoms with Crippen LogP contribution in [-0.2, 0) is 6.54 Å². The van der Waals surface area contributed by atoms with Gasteiger partial charge in [0.05, 0.1) is 0 Å². The Balaban J connectivity index is 2.26. The van der Waals surface area contributed by atoms with Crippen molar-refractivity contribution in [3.8, 4) is 5.69 Å². The maximum atomic E-state index is 12.8. The molecule has 0 aromatic carbocycles. The highest BCUT2D eigenvalue weighted by Gasteiger charge is 2.37. The number of rotatable bonds is 2. The zero-order chi connectivity index (χ0) is 18.7. The summed E-state index contributed by atoms with van der Waals surface area (Å²) in [6.45, 7) is 2.50. The van der Waals surface area contributed by atoms with Crippen molar-refractivity contribution in [1.29, 1.82) is 0 Å². The highest BCUT2D eigenvalue weighted by atomic mass is 35.5. The number of nitrogens with one attached hydrogen (secondary N) is 1. The Kier molecular flexibility index (Phi) is 3.91. The normalized spacial score (nSPS) is 15.5. The molecule has 1 atom stereocenters. The number of pyridine rings is 2. The summed E-state index contributed by atoms with van der Waals surface area (Å²) in [7, 11) is 3.86. The summed E-state index contributed by atoms with van der Waals surface area (Å²) in [5.74, 6) is 0. The van der Waals surface area contributed by atoms with Gasteiger partial charge in [-0.2, -0.15) is 0 Å². The van der Waals surface area contributed by atoms with Gasteiger partial charge in [0, 0.05) is 18.3 Å². The fourth-order valence-corrected chi connectivity index (χ4v) is 4.01. The Morgan fingerprint density at radius 3 is 2.77 bits per heavy atom. The van der Waals surface area contributed by atoms with Crippen LogP contribution >= 0.6 is 23.2 Å². The number of hydrogen-bond acceptors (Lipinski definition) is 4. The fourth-order valence-electron chi connectivity index (χ4n) is 3.53. The van der Waals surface area contributed by atoms with Crippen LogP contribution in [0, 0.1) is 0 Å². The first-order valence-corrected chi connectivity index (χ1v) is 8.78. The standard InChI is InChI=1S/C17H15Cl2N5O2/c1-8-9-4-5-20-12(7-22(2)3)13(9)24-16-10(15(25)21-17(24)26)6-11(18)14(19)23(8)16/h4-6,8H,7H2,1-3H3/p+1. The number of H-pyrrole nitrogens is 1. The highest BCUT2D eigenvalue weighted by molar-refractivity contribution is 6.41. The quantitative estimate of drug-likeness (QED) is 0.531. The van der Waals surface area contributed by atoms with Crippen LogP contribution in [0.3, 0.4) is 0 Å². The number of halogens is 2. The van der Waals surface area contributed by atoms with E-state index in [9.17, 15) is 9.59 Å². The maximum absolute atomic E-state index is 12.8. The molecule has 0 aliphatic carbocycles. The smallest absolute Gasteiger partial charge is 0.303 e. The molecule has 0 amide bonds. The van der Waals surface area contributed by atoms with E-state index in [4.69, 9.17) is 23.2 Å². The lowest BCUT2D eigenvalue weighted by Gasteiger charge is -2.24. The molecule has 0 radical (unpaired) electrons. The van der Waals surface area contributed by atoms with E-state index in [2.05, 4.69) is 9.97 Å². The van der Waals surface area contributed by atoms with Crippen molar-refractivity contribution in [2.24, 2.45) is 0 Å². The minimum Gasteiger partial charge on any atom is -0.303 e. The molecule has 3 aromatic heterocycles. The Morgan fingerprint density at radius 1 is 1.35 bits per heavy atom. The molecule has 0 saturated heterocycles. The molecule has 1 aliphatic heterocycles. The molecule has 0 fully saturated rings. The summed E-state index contributed by atoms with van der Waals surface area (Å²) < 4.78 is 3.19. The van der Waals surface area contributed by atoms with E-state index in [0.717, 1.165) is 11.3 Å². The monoisotopic (exact) mass is 392 g/mol. The van der Waals surface area contributed by atoms with Crippen LogP contribution in [0.15, 0.2) is 27.9 Å². The molecule has 7 nitrogen and oxygen atoms in total. The summed E-state index contributed by atoms with van der Waals surface area (Å²) in [4.78, 5) is 33.9. The summed E-state index contributed by atoms with van der Waals surface area (Å²) in [5, 5.41) is 0.839. The summed E-state index contributed by atoms with van der Waals surface area (Å²) in [6.07, 6.45) is 1.71. The third-order valence-electron chi connectivity index (χ3n) is 4.59. The number of fused-ring (bicyclic) bond motifs is 2. The third-order valence-corrected chi connectivity index (χ3v) is 5.36.